The van der Waals surface area contributed by atoms with E-state index in [0.717, 1.165) is 21.1 Å². The van der Waals surface area contributed by atoms with Crippen LogP contribution in [0.25, 0.3) is 22.7 Å². The van der Waals surface area contributed by atoms with Gasteiger partial charge in [-0.3, -0.25) is 0 Å². The van der Waals surface area contributed by atoms with E-state index in [9.17, 15) is 5.26 Å². The molecule has 0 aliphatic heterocycles. The molecule has 0 unspecified atom stereocenters. The summed E-state index contributed by atoms with van der Waals surface area (Å²) in [7, 11) is 1.93. The first-order valence-electron chi connectivity index (χ1n) is 6.48. The molecule has 0 amide bonds. The number of fused-ring (bicyclic) bond motifs is 1. The molecule has 0 fully saturated rings. The summed E-state index contributed by atoms with van der Waals surface area (Å²) in [5.74, 6) is 0.682. The molecule has 0 aliphatic rings. The third-order valence-corrected chi connectivity index (χ3v) is 3.86. The van der Waals surface area contributed by atoms with Gasteiger partial charge in [0.2, 0.25) is 0 Å². The van der Waals surface area contributed by atoms with Gasteiger partial charge in [-0.2, -0.15) is 5.26 Å². The van der Waals surface area contributed by atoms with Crippen LogP contribution in [0.2, 0.25) is 0 Å². The van der Waals surface area contributed by atoms with Crippen molar-refractivity contribution in [2.24, 2.45) is 7.05 Å². The van der Waals surface area contributed by atoms with Crippen LogP contribution in [0.1, 0.15) is 11.4 Å². The van der Waals surface area contributed by atoms with Gasteiger partial charge in [0.15, 0.2) is 5.82 Å². The van der Waals surface area contributed by atoms with Crippen LogP contribution >= 0.6 is 15.9 Å². The van der Waals surface area contributed by atoms with Crippen molar-refractivity contribution >= 4 is 38.6 Å². The van der Waals surface area contributed by atoms with Crippen LogP contribution in [0.15, 0.2) is 53.0 Å². The summed E-state index contributed by atoms with van der Waals surface area (Å²) < 4.78 is 2.96. The Labute approximate surface area is 131 Å². The lowest BCUT2D eigenvalue weighted by Crippen LogP contribution is -1.95. The van der Waals surface area contributed by atoms with E-state index in [0.29, 0.717) is 11.4 Å². The molecule has 0 N–H and O–H groups in total. The zero-order valence-electron chi connectivity index (χ0n) is 11.4. The first-order valence-corrected chi connectivity index (χ1v) is 7.27. The topological polar surface area (TPSA) is 41.6 Å². The second kappa shape index (κ2) is 5.55. The molecule has 0 saturated carbocycles. The van der Waals surface area contributed by atoms with Gasteiger partial charge in [0.1, 0.15) is 6.07 Å². The quantitative estimate of drug-likeness (QED) is 0.650. The normalized spacial score (nSPS) is 11.6. The molecule has 102 valence electrons. The Kier molecular flexibility index (Phi) is 3.59. The molecular weight excluding hydrogens is 326 g/mol. The Hall–Kier alpha value is -2.38. The fourth-order valence-corrected chi connectivity index (χ4v) is 2.52. The van der Waals surface area contributed by atoms with Crippen molar-refractivity contribution in [2.75, 3.05) is 0 Å². The lowest BCUT2D eigenvalue weighted by molar-refractivity contribution is 0.925. The lowest BCUT2D eigenvalue weighted by atomic mass is 10.1. The van der Waals surface area contributed by atoms with Crippen LogP contribution in [0, 0.1) is 11.3 Å². The van der Waals surface area contributed by atoms with Gasteiger partial charge in [-0.1, -0.05) is 40.2 Å². The van der Waals surface area contributed by atoms with E-state index in [1.807, 2.05) is 66.2 Å². The molecule has 3 rings (SSSR count). The number of halogens is 1. The number of allylic oxidation sites excluding steroid dienone is 1. The summed E-state index contributed by atoms with van der Waals surface area (Å²) in [6.07, 6.45) is 1.85. The average molecular weight is 338 g/mol. The maximum atomic E-state index is 9.46. The first kappa shape index (κ1) is 13.6. The molecule has 0 radical (unpaired) electrons. The Morgan fingerprint density at radius 3 is 2.57 bits per heavy atom. The largest absolute Gasteiger partial charge is 0.327 e. The molecule has 4 heteroatoms. The van der Waals surface area contributed by atoms with Gasteiger partial charge in [0.05, 0.1) is 16.6 Å². The second-order valence-corrected chi connectivity index (χ2v) is 5.62. The molecule has 2 aromatic carbocycles. The highest BCUT2D eigenvalue weighted by atomic mass is 79.9. The lowest BCUT2D eigenvalue weighted by Gasteiger charge is -2.01. The molecule has 3 aromatic rings. The fourth-order valence-electron chi connectivity index (χ4n) is 2.26. The highest BCUT2D eigenvalue weighted by Crippen LogP contribution is 2.22. The van der Waals surface area contributed by atoms with Crippen molar-refractivity contribution in [1.82, 2.24) is 9.55 Å². The highest BCUT2D eigenvalue weighted by Gasteiger charge is 2.11. The third kappa shape index (κ3) is 2.61. The number of aromatic nitrogens is 2. The van der Waals surface area contributed by atoms with E-state index in [-0.39, 0.29) is 0 Å². The zero-order chi connectivity index (χ0) is 14.8. The van der Waals surface area contributed by atoms with Crippen molar-refractivity contribution in [3.05, 3.63) is 64.4 Å². The van der Waals surface area contributed by atoms with Gasteiger partial charge in [0, 0.05) is 11.5 Å². The van der Waals surface area contributed by atoms with Crippen molar-refractivity contribution < 1.29 is 0 Å². The van der Waals surface area contributed by atoms with E-state index < -0.39 is 0 Å². The van der Waals surface area contributed by atoms with E-state index in [1.54, 1.807) is 0 Å². The summed E-state index contributed by atoms with van der Waals surface area (Å²) in [4.78, 5) is 4.56. The van der Waals surface area contributed by atoms with Gasteiger partial charge in [-0.05, 0) is 35.9 Å². The molecule has 0 spiro atoms. The summed E-state index contributed by atoms with van der Waals surface area (Å²) in [6.45, 7) is 0. The van der Waals surface area contributed by atoms with E-state index >= 15 is 0 Å². The minimum atomic E-state index is 0.552. The second-order valence-electron chi connectivity index (χ2n) is 4.70. The van der Waals surface area contributed by atoms with Crippen LogP contribution in [-0.2, 0) is 7.05 Å². The predicted octanol–water partition coefficient (Wildman–Crippen LogP) is 4.40. The van der Waals surface area contributed by atoms with Crippen molar-refractivity contribution in [2.45, 2.75) is 0 Å². The van der Waals surface area contributed by atoms with E-state index in [2.05, 4.69) is 27.0 Å². The van der Waals surface area contributed by atoms with Crippen molar-refractivity contribution in [1.29, 1.82) is 5.26 Å². The Balaban J connectivity index is 2.12. The first-order chi connectivity index (χ1) is 10.2. The minimum absolute atomic E-state index is 0.552. The van der Waals surface area contributed by atoms with Gasteiger partial charge < -0.3 is 4.57 Å². The van der Waals surface area contributed by atoms with E-state index in [1.165, 1.54) is 0 Å². The number of imidazole rings is 1. The Morgan fingerprint density at radius 2 is 1.90 bits per heavy atom. The molecule has 0 aliphatic carbocycles. The minimum Gasteiger partial charge on any atom is -0.327 e. The summed E-state index contributed by atoms with van der Waals surface area (Å²) in [6, 6.07) is 18.0. The number of nitrogens with zero attached hydrogens (tertiary/aromatic N) is 3. The Morgan fingerprint density at radius 1 is 1.19 bits per heavy atom. The number of para-hydroxylation sites is 2. The van der Waals surface area contributed by atoms with Crippen molar-refractivity contribution in [3.63, 3.8) is 0 Å². The van der Waals surface area contributed by atoms with Crippen LogP contribution in [0.3, 0.4) is 0 Å². The summed E-state index contributed by atoms with van der Waals surface area (Å²) >= 11 is 3.41. The zero-order valence-corrected chi connectivity index (χ0v) is 13.0. The molecule has 0 saturated heterocycles. The van der Waals surface area contributed by atoms with Gasteiger partial charge in [-0.25, -0.2) is 4.98 Å². The number of aryl methyl sites for hydroxylation is 1. The number of benzene rings is 2. The maximum Gasteiger partial charge on any atom is 0.151 e. The molecule has 0 atom stereocenters. The number of hydrogen-bond donors (Lipinski definition) is 0. The number of nitriles is 1. The molecule has 21 heavy (non-hydrogen) atoms. The monoisotopic (exact) mass is 337 g/mol. The average Bonchev–Trinajstić information content (AvgIpc) is 2.84. The van der Waals surface area contributed by atoms with Gasteiger partial charge in [0.25, 0.3) is 0 Å². The molecule has 0 bridgehead atoms. The van der Waals surface area contributed by atoms with Crippen LogP contribution in [0.4, 0.5) is 0 Å². The van der Waals surface area contributed by atoms with Crippen molar-refractivity contribution in [3.8, 4) is 6.07 Å². The fraction of sp³-hybridized carbons (Fsp3) is 0.0588. The number of hydrogen-bond acceptors (Lipinski definition) is 2. The smallest absolute Gasteiger partial charge is 0.151 e. The van der Waals surface area contributed by atoms with Gasteiger partial charge >= 0.3 is 0 Å². The molecule has 1 aromatic heterocycles. The molecule has 3 nitrogen and oxygen atoms in total. The molecule has 1 heterocycles. The van der Waals surface area contributed by atoms with Gasteiger partial charge in [-0.15, -0.1) is 0 Å². The predicted molar refractivity (Wildman–Crippen MR) is 88.3 cm³/mol. The number of rotatable bonds is 2. The van der Waals surface area contributed by atoms with Crippen LogP contribution in [-0.4, -0.2) is 9.55 Å². The summed E-state index contributed by atoms with van der Waals surface area (Å²) in [5.41, 5.74) is 3.44. The summed E-state index contributed by atoms with van der Waals surface area (Å²) in [5, 5.41) is 9.46. The SMILES string of the molecule is Cn1c(/C(C#N)=C\c2ccc(Br)cc2)nc2ccccc21. The maximum absolute atomic E-state index is 9.46. The third-order valence-electron chi connectivity index (χ3n) is 3.33. The standard InChI is InChI=1S/C17H12BrN3/c1-21-16-5-3-2-4-15(16)20-17(21)13(11-19)10-12-6-8-14(18)9-7-12/h2-10H,1H3/b13-10-. The van der Waals surface area contributed by atoms with Crippen LogP contribution < -0.4 is 0 Å². The van der Waals surface area contributed by atoms with E-state index in [4.69, 9.17) is 0 Å². The van der Waals surface area contributed by atoms with Crippen LogP contribution in [0.5, 0.6) is 0 Å². The Bertz CT molecular complexity index is 867. The molecular formula is C17H12BrN3. The highest BCUT2D eigenvalue weighted by molar-refractivity contribution is 9.10.